The van der Waals surface area contributed by atoms with Crippen LogP contribution in [0.15, 0.2) is 35.7 Å². The lowest BCUT2D eigenvalue weighted by Crippen LogP contribution is -2.25. The Balaban J connectivity index is 2.12. The van der Waals surface area contributed by atoms with E-state index in [1.807, 2.05) is 47.5 Å². The molecule has 1 heterocycles. The van der Waals surface area contributed by atoms with Gasteiger partial charge in [0.2, 0.25) is 0 Å². The van der Waals surface area contributed by atoms with Crippen molar-refractivity contribution in [2.24, 2.45) is 0 Å². The van der Waals surface area contributed by atoms with Crippen molar-refractivity contribution >= 4 is 22.4 Å². The molecule has 0 saturated heterocycles. The summed E-state index contributed by atoms with van der Waals surface area (Å²) < 4.78 is 0. The molecule has 19 heavy (non-hydrogen) atoms. The Morgan fingerprint density at radius 1 is 1.37 bits per heavy atom. The Morgan fingerprint density at radius 3 is 2.68 bits per heavy atom. The van der Waals surface area contributed by atoms with Crippen molar-refractivity contribution in [3.05, 3.63) is 47.0 Å². The summed E-state index contributed by atoms with van der Waals surface area (Å²) in [6, 6.07) is 10.0. The van der Waals surface area contributed by atoms with E-state index in [1.54, 1.807) is 11.3 Å². The molecule has 0 spiro atoms. The highest BCUT2D eigenvalue weighted by Gasteiger charge is 2.12. The standard InChI is InChI=1S/C14H16N2O2S/c1-11-10-19-14(15-11)16(8-7-13(17)18)9-12-5-3-2-4-6-12/h2-6,10H,7-9H2,1H3,(H,17,18). The molecule has 2 aromatic rings. The number of aliphatic carboxylic acids is 1. The van der Waals surface area contributed by atoms with Gasteiger partial charge in [-0.15, -0.1) is 11.3 Å². The molecule has 0 bridgehead atoms. The first-order chi connectivity index (χ1) is 9.15. The van der Waals surface area contributed by atoms with E-state index in [0.29, 0.717) is 13.1 Å². The third-order valence-corrected chi connectivity index (χ3v) is 3.71. The van der Waals surface area contributed by atoms with Crippen molar-refractivity contribution in [2.45, 2.75) is 19.9 Å². The number of carbonyl (C=O) groups is 1. The number of hydrogen-bond acceptors (Lipinski definition) is 4. The lowest BCUT2D eigenvalue weighted by Gasteiger charge is -2.21. The fourth-order valence-electron chi connectivity index (χ4n) is 1.76. The Hall–Kier alpha value is -1.88. The van der Waals surface area contributed by atoms with E-state index in [4.69, 9.17) is 5.11 Å². The summed E-state index contributed by atoms with van der Waals surface area (Å²) >= 11 is 1.55. The molecule has 0 fully saturated rings. The van der Waals surface area contributed by atoms with Gasteiger partial charge in [-0.05, 0) is 12.5 Å². The number of aromatic nitrogens is 1. The van der Waals surface area contributed by atoms with Crippen LogP contribution in [0.2, 0.25) is 0 Å². The second-order valence-electron chi connectivity index (χ2n) is 4.32. The maximum Gasteiger partial charge on any atom is 0.305 e. The maximum atomic E-state index is 10.7. The van der Waals surface area contributed by atoms with Gasteiger partial charge in [-0.25, -0.2) is 4.98 Å². The smallest absolute Gasteiger partial charge is 0.305 e. The third kappa shape index (κ3) is 4.06. The van der Waals surface area contributed by atoms with Gasteiger partial charge in [0, 0.05) is 18.5 Å². The molecule has 0 aliphatic carbocycles. The van der Waals surface area contributed by atoms with Gasteiger partial charge in [-0.3, -0.25) is 4.79 Å². The first-order valence-electron chi connectivity index (χ1n) is 6.08. The van der Waals surface area contributed by atoms with Crippen LogP contribution in [-0.2, 0) is 11.3 Å². The van der Waals surface area contributed by atoms with E-state index < -0.39 is 5.97 Å². The summed E-state index contributed by atoms with van der Waals surface area (Å²) in [5.41, 5.74) is 2.12. The highest BCUT2D eigenvalue weighted by Crippen LogP contribution is 2.22. The summed E-state index contributed by atoms with van der Waals surface area (Å²) in [5.74, 6) is -0.786. The van der Waals surface area contributed by atoms with Gasteiger partial charge in [-0.2, -0.15) is 0 Å². The van der Waals surface area contributed by atoms with Gasteiger partial charge in [0.1, 0.15) is 0 Å². The largest absolute Gasteiger partial charge is 0.481 e. The third-order valence-electron chi connectivity index (χ3n) is 2.69. The van der Waals surface area contributed by atoms with E-state index >= 15 is 0 Å². The molecule has 0 aliphatic rings. The molecule has 5 heteroatoms. The quantitative estimate of drug-likeness (QED) is 0.881. The molecule has 0 saturated carbocycles. The number of hydrogen-bond donors (Lipinski definition) is 1. The Labute approximate surface area is 116 Å². The maximum absolute atomic E-state index is 10.7. The normalized spacial score (nSPS) is 10.4. The summed E-state index contributed by atoms with van der Waals surface area (Å²) in [7, 11) is 0. The van der Waals surface area contributed by atoms with Crippen molar-refractivity contribution < 1.29 is 9.90 Å². The summed E-state index contributed by atoms with van der Waals surface area (Å²) in [6.07, 6.45) is 0.117. The number of nitrogens with zero attached hydrogens (tertiary/aromatic N) is 2. The number of aryl methyl sites for hydroxylation is 1. The molecule has 0 amide bonds. The van der Waals surface area contributed by atoms with Crippen molar-refractivity contribution in [1.82, 2.24) is 4.98 Å². The molecule has 1 N–H and O–H groups in total. The minimum atomic E-state index is -0.786. The molecule has 0 radical (unpaired) electrons. The average molecular weight is 276 g/mol. The Morgan fingerprint density at radius 2 is 2.11 bits per heavy atom. The Kier molecular flexibility index (Phi) is 4.52. The second-order valence-corrected chi connectivity index (χ2v) is 5.16. The molecule has 4 nitrogen and oxygen atoms in total. The number of thiazole rings is 1. The van der Waals surface area contributed by atoms with Gasteiger partial charge in [-0.1, -0.05) is 30.3 Å². The van der Waals surface area contributed by atoms with Crippen molar-refractivity contribution in [2.75, 3.05) is 11.4 Å². The van der Waals surface area contributed by atoms with E-state index in [1.165, 1.54) is 0 Å². The zero-order valence-corrected chi connectivity index (χ0v) is 11.6. The van der Waals surface area contributed by atoms with Gasteiger partial charge in [0.05, 0.1) is 12.1 Å². The average Bonchev–Trinajstić information content (AvgIpc) is 2.82. The van der Waals surface area contributed by atoms with Crippen LogP contribution >= 0.6 is 11.3 Å². The molecule has 0 aliphatic heterocycles. The van der Waals surface area contributed by atoms with Gasteiger partial charge in [0.15, 0.2) is 5.13 Å². The zero-order valence-electron chi connectivity index (χ0n) is 10.7. The summed E-state index contributed by atoms with van der Waals surface area (Å²) in [6.45, 7) is 3.09. The van der Waals surface area contributed by atoms with E-state index in [2.05, 4.69) is 4.98 Å². The summed E-state index contributed by atoms with van der Waals surface area (Å²) in [4.78, 5) is 17.2. The van der Waals surface area contributed by atoms with Crippen molar-refractivity contribution in [1.29, 1.82) is 0 Å². The van der Waals surface area contributed by atoms with Gasteiger partial charge in [0.25, 0.3) is 0 Å². The molecular weight excluding hydrogens is 260 g/mol. The van der Waals surface area contributed by atoms with Crippen molar-refractivity contribution in [3.8, 4) is 0 Å². The number of benzene rings is 1. The highest BCUT2D eigenvalue weighted by atomic mass is 32.1. The van der Waals surface area contributed by atoms with Gasteiger partial charge >= 0.3 is 5.97 Å². The number of carboxylic acid groups (broad SMARTS) is 1. The van der Waals surface area contributed by atoms with E-state index in [-0.39, 0.29) is 6.42 Å². The number of anilines is 1. The van der Waals surface area contributed by atoms with Crippen molar-refractivity contribution in [3.63, 3.8) is 0 Å². The van der Waals surface area contributed by atoms with Crippen LogP contribution in [0.3, 0.4) is 0 Å². The molecule has 0 unspecified atom stereocenters. The predicted octanol–water partition coefficient (Wildman–Crippen LogP) is 2.93. The second kappa shape index (κ2) is 6.33. The van der Waals surface area contributed by atoms with Crippen LogP contribution < -0.4 is 4.90 Å². The van der Waals surface area contributed by atoms with Crippen LogP contribution in [-0.4, -0.2) is 22.6 Å². The minimum Gasteiger partial charge on any atom is -0.481 e. The lowest BCUT2D eigenvalue weighted by atomic mass is 10.2. The van der Waals surface area contributed by atoms with E-state index in [9.17, 15) is 4.79 Å². The number of carboxylic acids is 1. The predicted molar refractivity (Wildman–Crippen MR) is 76.6 cm³/mol. The monoisotopic (exact) mass is 276 g/mol. The van der Waals surface area contributed by atoms with Crippen LogP contribution in [0.1, 0.15) is 17.7 Å². The van der Waals surface area contributed by atoms with Gasteiger partial charge < -0.3 is 10.0 Å². The molecule has 1 aromatic heterocycles. The van der Waals surface area contributed by atoms with Crippen LogP contribution in [0.4, 0.5) is 5.13 Å². The Bertz CT molecular complexity index is 539. The minimum absolute atomic E-state index is 0.117. The fourth-order valence-corrected chi connectivity index (χ4v) is 2.59. The first-order valence-corrected chi connectivity index (χ1v) is 6.96. The van der Waals surface area contributed by atoms with Crippen LogP contribution in [0.25, 0.3) is 0 Å². The molecule has 0 atom stereocenters. The van der Waals surface area contributed by atoms with Crippen LogP contribution in [0.5, 0.6) is 0 Å². The SMILES string of the molecule is Cc1csc(N(CCC(=O)O)Cc2ccccc2)n1. The fraction of sp³-hybridized carbons (Fsp3) is 0.286. The molecular formula is C14H16N2O2S. The summed E-state index contributed by atoms with van der Waals surface area (Å²) in [5, 5.41) is 11.7. The zero-order chi connectivity index (χ0) is 13.7. The first kappa shape index (κ1) is 13.5. The molecule has 1 aromatic carbocycles. The molecule has 100 valence electrons. The van der Waals surface area contributed by atoms with Crippen LogP contribution in [0, 0.1) is 6.92 Å². The lowest BCUT2D eigenvalue weighted by molar-refractivity contribution is -0.136. The highest BCUT2D eigenvalue weighted by molar-refractivity contribution is 7.13. The molecule has 2 rings (SSSR count). The topological polar surface area (TPSA) is 53.4 Å². The number of rotatable bonds is 6. The van der Waals surface area contributed by atoms with E-state index in [0.717, 1.165) is 16.4 Å².